The molecule has 0 aromatic heterocycles. The van der Waals surface area contributed by atoms with Gasteiger partial charge in [-0.25, -0.2) is 0 Å². The molecule has 0 spiro atoms. The molecule has 0 amide bonds. The minimum Gasteiger partial charge on any atom is -0.480 e. The van der Waals surface area contributed by atoms with Gasteiger partial charge in [-0.2, -0.15) is 13.2 Å². The Labute approximate surface area is 138 Å². The molecule has 0 aliphatic carbocycles. The van der Waals surface area contributed by atoms with Crippen LogP contribution in [0.2, 0.25) is 0 Å². The molecule has 0 heterocycles. The van der Waals surface area contributed by atoms with Crippen LogP contribution in [-0.4, -0.2) is 36.0 Å². The minimum atomic E-state index is -4.63. The maximum atomic E-state index is 13.1. The molecule has 1 aromatic carbocycles. The van der Waals surface area contributed by atoms with Crippen LogP contribution in [0.25, 0.3) is 0 Å². The zero-order valence-electron chi connectivity index (χ0n) is 13.7. The van der Waals surface area contributed by atoms with Crippen molar-refractivity contribution in [2.24, 2.45) is 5.92 Å². The van der Waals surface area contributed by atoms with Crippen molar-refractivity contribution in [1.82, 2.24) is 5.32 Å². The van der Waals surface area contributed by atoms with E-state index in [4.69, 9.17) is 5.11 Å². The van der Waals surface area contributed by atoms with Crippen LogP contribution in [0, 0.1) is 5.92 Å². The van der Waals surface area contributed by atoms with Crippen LogP contribution in [0.1, 0.15) is 36.7 Å². The number of alkyl halides is 3. The number of carbonyl (C=O) groups excluding carboxylic acids is 1. The average Bonchev–Trinajstić information content (AvgIpc) is 2.44. The Morgan fingerprint density at radius 3 is 2.33 bits per heavy atom. The van der Waals surface area contributed by atoms with Gasteiger partial charge in [0.25, 0.3) is 0 Å². The summed E-state index contributed by atoms with van der Waals surface area (Å²) in [6.45, 7) is 4.76. The smallest absolute Gasteiger partial charge is 0.417 e. The molecule has 24 heavy (non-hydrogen) atoms. The molecule has 3 N–H and O–H groups in total. The summed E-state index contributed by atoms with van der Waals surface area (Å²) in [4.78, 5) is 22.3. The average molecular weight is 346 g/mol. The lowest BCUT2D eigenvalue weighted by Gasteiger charge is -2.26. The molecule has 0 fully saturated rings. The molecule has 0 saturated heterocycles. The first kappa shape index (κ1) is 20.0. The molecule has 134 valence electrons. The van der Waals surface area contributed by atoms with Gasteiger partial charge in [-0.1, -0.05) is 19.9 Å². The van der Waals surface area contributed by atoms with Crippen LogP contribution in [0.15, 0.2) is 18.2 Å². The highest BCUT2D eigenvalue weighted by molar-refractivity contribution is 6.01. The molecular formula is C16H21F3N2O3. The zero-order valence-corrected chi connectivity index (χ0v) is 13.7. The SMILES string of the molecule is CC(=O)c1c(NC(CNCC(=O)O)C(C)C)cccc1C(F)(F)F. The lowest BCUT2D eigenvalue weighted by Crippen LogP contribution is -2.39. The zero-order chi connectivity index (χ0) is 18.5. The highest BCUT2D eigenvalue weighted by Gasteiger charge is 2.35. The van der Waals surface area contributed by atoms with Gasteiger partial charge in [0.15, 0.2) is 5.78 Å². The summed E-state index contributed by atoms with van der Waals surface area (Å²) >= 11 is 0. The fraction of sp³-hybridized carbons (Fsp3) is 0.500. The van der Waals surface area contributed by atoms with E-state index in [1.165, 1.54) is 12.1 Å². The van der Waals surface area contributed by atoms with Gasteiger partial charge in [-0.3, -0.25) is 9.59 Å². The number of halogens is 3. The second kappa shape index (κ2) is 8.14. The molecule has 0 bridgehead atoms. The van der Waals surface area contributed by atoms with E-state index in [-0.39, 0.29) is 30.7 Å². The van der Waals surface area contributed by atoms with Crippen LogP contribution in [0.3, 0.4) is 0 Å². The number of nitrogens with one attached hydrogen (secondary N) is 2. The van der Waals surface area contributed by atoms with Crippen LogP contribution in [-0.2, 0) is 11.0 Å². The largest absolute Gasteiger partial charge is 0.480 e. The summed E-state index contributed by atoms with van der Waals surface area (Å²) in [5.74, 6) is -1.71. The highest BCUT2D eigenvalue weighted by Crippen LogP contribution is 2.35. The summed E-state index contributed by atoms with van der Waals surface area (Å²) < 4.78 is 39.4. The number of hydrogen-bond donors (Lipinski definition) is 3. The van der Waals surface area contributed by atoms with Gasteiger partial charge >= 0.3 is 12.1 Å². The van der Waals surface area contributed by atoms with Crippen LogP contribution < -0.4 is 10.6 Å². The van der Waals surface area contributed by atoms with Gasteiger partial charge in [0.05, 0.1) is 17.7 Å². The predicted molar refractivity (Wildman–Crippen MR) is 84.2 cm³/mol. The maximum absolute atomic E-state index is 13.1. The third-order valence-corrected chi connectivity index (χ3v) is 3.51. The molecular weight excluding hydrogens is 325 g/mol. The topological polar surface area (TPSA) is 78.4 Å². The Bertz CT molecular complexity index is 601. The first-order valence-electron chi connectivity index (χ1n) is 7.44. The normalized spacial score (nSPS) is 13.0. The Kier molecular flexibility index (Phi) is 6.77. The van der Waals surface area contributed by atoms with E-state index >= 15 is 0 Å². The van der Waals surface area contributed by atoms with E-state index in [9.17, 15) is 22.8 Å². The predicted octanol–water partition coefficient (Wildman–Crippen LogP) is 3.02. The monoisotopic (exact) mass is 346 g/mol. The third kappa shape index (κ3) is 5.52. The first-order chi connectivity index (χ1) is 11.0. The number of carboxylic acids is 1. The van der Waals surface area contributed by atoms with E-state index in [1.807, 2.05) is 13.8 Å². The van der Waals surface area contributed by atoms with Crippen molar-refractivity contribution in [2.45, 2.75) is 33.0 Å². The summed E-state index contributed by atoms with van der Waals surface area (Å²) in [7, 11) is 0. The van der Waals surface area contributed by atoms with E-state index in [0.717, 1.165) is 13.0 Å². The highest BCUT2D eigenvalue weighted by atomic mass is 19.4. The Balaban J connectivity index is 3.11. The van der Waals surface area contributed by atoms with Crippen molar-refractivity contribution in [3.05, 3.63) is 29.3 Å². The van der Waals surface area contributed by atoms with Crippen molar-refractivity contribution in [3.8, 4) is 0 Å². The molecule has 0 saturated carbocycles. The van der Waals surface area contributed by atoms with Gasteiger partial charge in [0.2, 0.25) is 0 Å². The number of carbonyl (C=O) groups is 2. The number of carboxylic acid groups (broad SMARTS) is 1. The first-order valence-corrected chi connectivity index (χ1v) is 7.44. The molecule has 1 rings (SSSR count). The molecule has 1 atom stereocenters. The number of anilines is 1. The molecule has 0 radical (unpaired) electrons. The van der Waals surface area contributed by atoms with Gasteiger partial charge in [0.1, 0.15) is 0 Å². The molecule has 0 aliphatic heterocycles. The van der Waals surface area contributed by atoms with E-state index in [1.54, 1.807) is 0 Å². The second-order valence-electron chi connectivity index (χ2n) is 5.80. The number of rotatable bonds is 8. The van der Waals surface area contributed by atoms with E-state index < -0.39 is 29.1 Å². The number of hydrogen-bond acceptors (Lipinski definition) is 4. The van der Waals surface area contributed by atoms with Crippen molar-refractivity contribution >= 4 is 17.4 Å². The third-order valence-electron chi connectivity index (χ3n) is 3.51. The molecule has 8 heteroatoms. The summed E-state index contributed by atoms with van der Waals surface area (Å²) in [6.07, 6.45) is -4.63. The fourth-order valence-electron chi connectivity index (χ4n) is 2.28. The molecule has 1 aromatic rings. The Morgan fingerprint density at radius 1 is 1.25 bits per heavy atom. The summed E-state index contributed by atoms with van der Waals surface area (Å²) in [5, 5.41) is 14.3. The van der Waals surface area contributed by atoms with Crippen LogP contribution >= 0.6 is 0 Å². The van der Waals surface area contributed by atoms with Crippen LogP contribution in [0.5, 0.6) is 0 Å². The fourth-order valence-corrected chi connectivity index (χ4v) is 2.28. The maximum Gasteiger partial charge on any atom is 0.417 e. The number of ketones is 1. The molecule has 5 nitrogen and oxygen atoms in total. The second-order valence-corrected chi connectivity index (χ2v) is 5.80. The van der Waals surface area contributed by atoms with Crippen molar-refractivity contribution in [2.75, 3.05) is 18.4 Å². The van der Waals surface area contributed by atoms with Crippen molar-refractivity contribution in [1.29, 1.82) is 0 Å². The Morgan fingerprint density at radius 2 is 1.88 bits per heavy atom. The lowest BCUT2D eigenvalue weighted by molar-refractivity contribution is -0.138. The van der Waals surface area contributed by atoms with Gasteiger partial charge in [-0.05, 0) is 25.0 Å². The van der Waals surface area contributed by atoms with Crippen molar-refractivity contribution in [3.63, 3.8) is 0 Å². The van der Waals surface area contributed by atoms with E-state index in [2.05, 4.69) is 10.6 Å². The van der Waals surface area contributed by atoms with Crippen LogP contribution in [0.4, 0.5) is 18.9 Å². The summed E-state index contributed by atoms with van der Waals surface area (Å²) in [5.41, 5.74) is -1.30. The number of Topliss-reactive ketones (excluding diaryl/α,β-unsaturated/α-hetero) is 1. The summed E-state index contributed by atoms with van der Waals surface area (Å²) in [6, 6.07) is 3.18. The number of aliphatic carboxylic acids is 1. The minimum absolute atomic E-state index is 0.000598. The standard InChI is InChI=1S/C16H21F3N2O3/c1-9(2)13(7-20-8-14(23)24)21-12-6-4-5-11(16(17,18)19)15(12)10(3)22/h4-6,9,13,20-21H,7-8H2,1-3H3,(H,23,24). The van der Waals surface area contributed by atoms with Gasteiger partial charge < -0.3 is 15.7 Å². The molecule has 0 aliphatic rings. The quantitative estimate of drug-likeness (QED) is 0.631. The van der Waals surface area contributed by atoms with Gasteiger partial charge in [0, 0.05) is 18.3 Å². The van der Waals surface area contributed by atoms with E-state index in [0.29, 0.717) is 0 Å². The van der Waals surface area contributed by atoms with Gasteiger partial charge in [-0.15, -0.1) is 0 Å². The van der Waals surface area contributed by atoms with Crippen molar-refractivity contribution < 1.29 is 27.9 Å². The lowest BCUT2D eigenvalue weighted by atomic mass is 9.98. The Hall–Kier alpha value is -2.09. The molecule has 1 unspecified atom stereocenters. The number of benzene rings is 1.